The van der Waals surface area contributed by atoms with Crippen LogP contribution in [-0.4, -0.2) is 35.0 Å². The van der Waals surface area contributed by atoms with Crippen molar-refractivity contribution in [3.8, 4) is 0 Å². The van der Waals surface area contributed by atoms with E-state index in [1.807, 2.05) is 64.1 Å². The minimum atomic E-state index is -0.600. The molecule has 1 atom stereocenters. The minimum Gasteiger partial charge on any atom is -0.399 e. The number of hydrogen-bond donors (Lipinski definition) is 0. The van der Waals surface area contributed by atoms with Crippen LogP contribution < -0.4 is 5.46 Å². The van der Waals surface area contributed by atoms with E-state index in [4.69, 9.17) is 20.9 Å². The van der Waals surface area contributed by atoms with Crippen LogP contribution in [0.25, 0.3) is 0 Å². The summed E-state index contributed by atoms with van der Waals surface area (Å²) in [6.45, 7) is 8.06. The average Bonchev–Trinajstić information content (AvgIpc) is 3.19. The lowest BCUT2D eigenvalue weighted by Gasteiger charge is -2.32. The summed E-state index contributed by atoms with van der Waals surface area (Å²) >= 11 is 6.12. The van der Waals surface area contributed by atoms with Gasteiger partial charge in [-0.05, 0) is 68.6 Å². The second-order valence-electron chi connectivity index (χ2n) is 9.73. The monoisotopic (exact) mass is 473 g/mol. The number of hydrogen-bond acceptors (Lipinski definition) is 4. The molecule has 172 valence electrons. The van der Waals surface area contributed by atoms with E-state index >= 15 is 0 Å². The first-order valence-corrected chi connectivity index (χ1v) is 11.6. The van der Waals surface area contributed by atoms with Gasteiger partial charge in [0.15, 0.2) is 0 Å². The van der Waals surface area contributed by atoms with Crippen LogP contribution in [-0.2, 0) is 9.31 Å². The molecule has 0 N–H and O–H groups in total. The Hall–Kier alpha value is -2.93. The predicted octanol–water partition coefficient (Wildman–Crippen LogP) is 5.02. The highest BCUT2D eigenvalue weighted by Gasteiger charge is 2.51. The molecule has 5 nitrogen and oxygen atoms in total. The van der Waals surface area contributed by atoms with Gasteiger partial charge in [-0.2, -0.15) is 0 Å². The third-order valence-electron chi connectivity index (χ3n) is 7.05. The zero-order valence-electron chi connectivity index (χ0n) is 19.5. The van der Waals surface area contributed by atoms with E-state index in [0.29, 0.717) is 16.1 Å². The van der Waals surface area contributed by atoms with E-state index in [0.717, 1.165) is 16.6 Å². The van der Waals surface area contributed by atoms with Crippen LogP contribution in [0.1, 0.15) is 65.6 Å². The van der Waals surface area contributed by atoms with Crippen molar-refractivity contribution in [2.75, 3.05) is 0 Å². The van der Waals surface area contributed by atoms with E-state index < -0.39 is 24.4 Å². The molecule has 34 heavy (non-hydrogen) atoms. The van der Waals surface area contributed by atoms with Gasteiger partial charge in [0.25, 0.3) is 11.8 Å². The number of fused-ring (bicyclic) bond motifs is 1. The maximum atomic E-state index is 13.3. The number of halogens is 1. The molecule has 1 fully saturated rings. The van der Waals surface area contributed by atoms with Gasteiger partial charge in [-0.3, -0.25) is 14.5 Å². The van der Waals surface area contributed by atoms with Crippen molar-refractivity contribution >= 4 is 36.0 Å². The number of rotatable bonds is 4. The third kappa shape index (κ3) is 3.67. The quantitative estimate of drug-likeness (QED) is 0.394. The molecule has 0 saturated carbocycles. The van der Waals surface area contributed by atoms with Crippen LogP contribution in [0, 0.1) is 0 Å². The van der Waals surface area contributed by atoms with Crippen LogP contribution in [0.4, 0.5) is 0 Å². The van der Waals surface area contributed by atoms with E-state index in [1.165, 1.54) is 4.90 Å². The second-order valence-corrected chi connectivity index (χ2v) is 10.2. The topological polar surface area (TPSA) is 55.8 Å². The molecule has 0 bridgehead atoms. The Kier molecular flexibility index (Phi) is 5.43. The molecule has 1 saturated heterocycles. The van der Waals surface area contributed by atoms with Gasteiger partial charge in [-0.25, -0.2) is 0 Å². The Labute approximate surface area is 204 Å². The predicted molar refractivity (Wildman–Crippen MR) is 132 cm³/mol. The number of carbonyl (C=O) groups is 2. The summed E-state index contributed by atoms with van der Waals surface area (Å²) in [5.74, 6) is -0.619. The molecule has 3 aromatic carbocycles. The van der Waals surface area contributed by atoms with Gasteiger partial charge in [0.1, 0.15) is 0 Å². The lowest BCUT2D eigenvalue weighted by molar-refractivity contribution is 0.00578. The SMILES string of the molecule is CC1(C)OB(c2ccc(C(c3ccc(Cl)cc3)N3C(=O)c4ccccc4C3=O)cc2)OC1(C)C. The zero-order valence-corrected chi connectivity index (χ0v) is 20.3. The van der Waals surface area contributed by atoms with Crippen molar-refractivity contribution in [2.24, 2.45) is 0 Å². The van der Waals surface area contributed by atoms with Gasteiger partial charge in [0.05, 0.1) is 28.4 Å². The highest BCUT2D eigenvalue weighted by Crippen LogP contribution is 2.38. The lowest BCUT2D eigenvalue weighted by atomic mass is 9.78. The van der Waals surface area contributed by atoms with Gasteiger partial charge in [-0.15, -0.1) is 0 Å². The first kappa shape index (κ1) is 22.8. The fourth-order valence-corrected chi connectivity index (χ4v) is 4.52. The maximum absolute atomic E-state index is 13.3. The molecule has 5 rings (SSSR count). The summed E-state index contributed by atoms with van der Waals surface area (Å²) in [5, 5.41) is 0.584. The molecule has 2 heterocycles. The number of imide groups is 1. The molecule has 2 amide bonds. The van der Waals surface area contributed by atoms with Crippen LogP contribution in [0.5, 0.6) is 0 Å². The summed E-state index contributed by atoms with van der Waals surface area (Å²) in [7, 11) is -0.493. The number of nitrogens with zero attached hydrogens (tertiary/aromatic N) is 1. The molecular formula is C27H25BClNO4. The molecule has 0 radical (unpaired) electrons. The van der Waals surface area contributed by atoms with Gasteiger partial charge >= 0.3 is 7.12 Å². The summed E-state index contributed by atoms with van der Waals surface area (Å²) in [6.07, 6.45) is 0. The fraction of sp³-hybridized carbons (Fsp3) is 0.259. The molecule has 2 aliphatic rings. The molecule has 0 spiro atoms. The Bertz CT molecular complexity index is 1220. The molecular weight excluding hydrogens is 449 g/mol. The Morgan fingerprint density at radius 3 is 1.65 bits per heavy atom. The van der Waals surface area contributed by atoms with Crippen molar-refractivity contribution in [1.29, 1.82) is 0 Å². The molecule has 0 aliphatic carbocycles. The van der Waals surface area contributed by atoms with E-state index in [9.17, 15) is 9.59 Å². The van der Waals surface area contributed by atoms with Crippen LogP contribution >= 0.6 is 11.6 Å². The molecule has 1 unspecified atom stereocenters. The van der Waals surface area contributed by atoms with E-state index in [-0.39, 0.29) is 11.8 Å². The van der Waals surface area contributed by atoms with Gasteiger partial charge < -0.3 is 9.31 Å². The van der Waals surface area contributed by atoms with Crippen molar-refractivity contribution < 1.29 is 18.9 Å². The summed E-state index contributed by atoms with van der Waals surface area (Å²) in [5.41, 5.74) is 2.42. The zero-order chi connectivity index (χ0) is 24.3. The molecule has 3 aromatic rings. The number of benzene rings is 3. The summed E-state index contributed by atoms with van der Waals surface area (Å²) in [4.78, 5) is 28.0. The Morgan fingerprint density at radius 1 is 0.735 bits per heavy atom. The van der Waals surface area contributed by atoms with Gasteiger partial charge in [0, 0.05) is 5.02 Å². The van der Waals surface area contributed by atoms with Crippen LogP contribution in [0.15, 0.2) is 72.8 Å². The Balaban J connectivity index is 1.53. The highest BCUT2D eigenvalue weighted by molar-refractivity contribution is 6.62. The van der Waals surface area contributed by atoms with Crippen molar-refractivity contribution in [2.45, 2.75) is 44.9 Å². The minimum absolute atomic E-state index is 0.310. The van der Waals surface area contributed by atoms with Crippen LogP contribution in [0.3, 0.4) is 0 Å². The highest BCUT2D eigenvalue weighted by atomic mass is 35.5. The summed E-state index contributed by atoms with van der Waals surface area (Å²) in [6, 6.07) is 21.2. The van der Waals surface area contributed by atoms with Crippen molar-refractivity contribution in [3.63, 3.8) is 0 Å². The normalized spacial score (nSPS) is 19.4. The first-order chi connectivity index (χ1) is 16.1. The smallest absolute Gasteiger partial charge is 0.399 e. The van der Waals surface area contributed by atoms with Crippen LogP contribution in [0.2, 0.25) is 5.02 Å². The number of amides is 2. The molecule has 2 aliphatic heterocycles. The average molecular weight is 474 g/mol. The first-order valence-electron chi connectivity index (χ1n) is 11.3. The lowest BCUT2D eigenvalue weighted by Crippen LogP contribution is -2.41. The Morgan fingerprint density at radius 2 is 1.18 bits per heavy atom. The number of carbonyl (C=O) groups excluding carboxylic acids is 2. The van der Waals surface area contributed by atoms with Gasteiger partial charge in [-0.1, -0.05) is 60.1 Å². The van der Waals surface area contributed by atoms with E-state index in [1.54, 1.807) is 36.4 Å². The van der Waals surface area contributed by atoms with Gasteiger partial charge in [0.2, 0.25) is 0 Å². The molecule has 0 aromatic heterocycles. The second kappa shape index (κ2) is 8.09. The van der Waals surface area contributed by atoms with Crippen molar-refractivity contribution in [3.05, 3.63) is 100 Å². The summed E-state index contributed by atoms with van der Waals surface area (Å²) < 4.78 is 12.3. The van der Waals surface area contributed by atoms with E-state index in [2.05, 4.69) is 0 Å². The fourth-order valence-electron chi connectivity index (χ4n) is 4.39. The largest absolute Gasteiger partial charge is 0.494 e. The third-order valence-corrected chi connectivity index (χ3v) is 7.30. The maximum Gasteiger partial charge on any atom is 0.494 e. The molecule has 7 heteroatoms. The standard InChI is InChI=1S/C27H25BClNO4/c1-26(2)27(3,4)34-28(33-26)19-13-9-17(10-14-19)23(18-11-15-20(29)16-12-18)30-24(31)21-7-5-6-8-22(21)25(30)32/h5-16,23H,1-4H3. The van der Waals surface area contributed by atoms with Crippen molar-refractivity contribution in [1.82, 2.24) is 4.90 Å².